The summed E-state index contributed by atoms with van der Waals surface area (Å²) in [6, 6.07) is 8.93. The van der Waals surface area contributed by atoms with Crippen LogP contribution in [0.25, 0.3) is 0 Å². The summed E-state index contributed by atoms with van der Waals surface area (Å²) in [4.78, 5) is 0.465. The van der Waals surface area contributed by atoms with Gasteiger partial charge in [-0.3, -0.25) is 0 Å². The van der Waals surface area contributed by atoms with E-state index in [0.29, 0.717) is 22.1 Å². The summed E-state index contributed by atoms with van der Waals surface area (Å²) in [5, 5.41) is 10.6. The quantitative estimate of drug-likeness (QED) is 0.538. The van der Waals surface area contributed by atoms with Gasteiger partial charge in [0.25, 0.3) is 0 Å². The summed E-state index contributed by atoms with van der Waals surface area (Å²) in [7, 11) is -3.17. The first-order valence-electron chi connectivity index (χ1n) is 12.9. The highest BCUT2D eigenvalue weighted by Gasteiger charge is 2.55. The molecule has 176 valence electrons. The van der Waals surface area contributed by atoms with Gasteiger partial charge in [-0.1, -0.05) is 36.8 Å². The fraction of sp³-hybridized carbons (Fsp3) is 0.714. The number of sulfone groups is 1. The minimum Gasteiger partial charge on any atom is -0.390 e. The molecule has 4 heteroatoms. The van der Waals surface area contributed by atoms with Crippen molar-refractivity contribution in [1.82, 2.24) is 0 Å². The molecule has 0 spiro atoms. The van der Waals surface area contributed by atoms with E-state index in [0.717, 1.165) is 49.9 Å². The van der Waals surface area contributed by atoms with Crippen LogP contribution in [0, 0.1) is 35.0 Å². The average Bonchev–Trinajstić information content (AvgIpc) is 3.09. The molecule has 0 saturated heterocycles. The van der Waals surface area contributed by atoms with Gasteiger partial charge in [0.2, 0.25) is 0 Å². The Morgan fingerprint density at radius 2 is 1.78 bits per heavy atom. The van der Waals surface area contributed by atoms with Crippen LogP contribution in [0.4, 0.5) is 0 Å². The van der Waals surface area contributed by atoms with Crippen LogP contribution in [0.1, 0.15) is 78.1 Å². The lowest BCUT2D eigenvalue weighted by molar-refractivity contribution is -0.0338. The maximum Gasteiger partial charge on any atom is 0.178 e. The van der Waals surface area contributed by atoms with Crippen molar-refractivity contribution in [3.8, 4) is 0 Å². The van der Waals surface area contributed by atoms with Crippen LogP contribution in [0.2, 0.25) is 0 Å². The van der Waals surface area contributed by atoms with Gasteiger partial charge in [-0.15, -0.1) is 0 Å². The molecule has 0 bridgehead atoms. The molecule has 1 aromatic carbocycles. The Morgan fingerprint density at radius 1 is 1.00 bits per heavy atom. The van der Waals surface area contributed by atoms with E-state index in [2.05, 4.69) is 13.0 Å². The smallest absolute Gasteiger partial charge is 0.178 e. The molecule has 3 saturated carbocycles. The van der Waals surface area contributed by atoms with E-state index in [1.54, 1.807) is 17.7 Å². The first kappa shape index (κ1) is 22.7. The second-order valence-electron chi connectivity index (χ2n) is 11.9. The Labute approximate surface area is 194 Å². The van der Waals surface area contributed by atoms with E-state index in [1.165, 1.54) is 32.1 Å². The molecule has 3 nitrogen and oxygen atoms in total. The number of allylic oxidation sites excluding steroid dienone is 1. The van der Waals surface area contributed by atoms with Crippen molar-refractivity contribution in [2.45, 2.75) is 88.6 Å². The maximum absolute atomic E-state index is 12.7. The summed E-state index contributed by atoms with van der Waals surface area (Å²) in [5.74, 6) is 4.03. The molecule has 7 atom stereocenters. The fourth-order valence-corrected chi connectivity index (χ4v) is 9.67. The van der Waals surface area contributed by atoms with E-state index in [-0.39, 0.29) is 5.75 Å². The lowest BCUT2D eigenvalue weighted by atomic mass is 9.51. The van der Waals surface area contributed by atoms with Gasteiger partial charge in [-0.2, -0.15) is 0 Å². The van der Waals surface area contributed by atoms with Gasteiger partial charge in [0, 0.05) is 0 Å². The molecular weight excluding hydrogens is 416 g/mol. The van der Waals surface area contributed by atoms with Crippen molar-refractivity contribution >= 4 is 9.84 Å². The van der Waals surface area contributed by atoms with E-state index in [9.17, 15) is 13.5 Å². The summed E-state index contributed by atoms with van der Waals surface area (Å²) in [6.45, 7) is 4.54. The second kappa shape index (κ2) is 8.27. The van der Waals surface area contributed by atoms with Crippen LogP contribution in [0.5, 0.6) is 0 Å². The van der Waals surface area contributed by atoms with Gasteiger partial charge in [-0.05, 0) is 118 Å². The predicted octanol–water partition coefficient (Wildman–Crippen LogP) is 6.18. The van der Waals surface area contributed by atoms with E-state index in [1.807, 2.05) is 25.1 Å². The Kier molecular flexibility index (Phi) is 5.85. The van der Waals surface area contributed by atoms with E-state index < -0.39 is 15.4 Å². The minimum atomic E-state index is -3.17. The molecule has 5 rings (SSSR count). The minimum absolute atomic E-state index is 0.272. The maximum atomic E-state index is 12.7. The molecule has 0 radical (unpaired) electrons. The summed E-state index contributed by atoms with van der Waals surface area (Å²) in [5.41, 5.74) is 1.42. The molecule has 32 heavy (non-hydrogen) atoms. The number of rotatable bonds is 5. The van der Waals surface area contributed by atoms with Crippen LogP contribution in [0.3, 0.4) is 0 Å². The third-order valence-electron chi connectivity index (χ3n) is 9.98. The largest absolute Gasteiger partial charge is 0.390 e. The van der Waals surface area contributed by atoms with Gasteiger partial charge < -0.3 is 5.11 Å². The van der Waals surface area contributed by atoms with Gasteiger partial charge in [0.05, 0.1) is 16.2 Å². The molecule has 1 aromatic rings. The second-order valence-corrected chi connectivity index (χ2v) is 14.0. The highest BCUT2D eigenvalue weighted by Crippen LogP contribution is 2.64. The van der Waals surface area contributed by atoms with Gasteiger partial charge in [0.1, 0.15) is 0 Å². The zero-order chi connectivity index (χ0) is 22.6. The molecule has 4 aliphatic carbocycles. The van der Waals surface area contributed by atoms with Crippen molar-refractivity contribution in [1.29, 1.82) is 0 Å². The van der Waals surface area contributed by atoms with Crippen LogP contribution < -0.4 is 0 Å². The fourth-order valence-electron chi connectivity index (χ4n) is 8.32. The Hall–Kier alpha value is -1.13. The van der Waals surface area contributed by atoms with Crippen molar-refractivity contribution < 1.29 is 13.5 Å². The highest BCUT2D eigenvalue weighted by atomic mass is 32.2. The van der Waals surface area contributed by atoms with Gasteiger partial charge in [0.15, 0.2) is 9.84 Å². The van der Waals surface area contributed by atoms with Gasteiger partial charge >= 0.3 is 0 Å². The number of hydrogen-bond acceptors (Lipinski definition) is 3. The first-order valence-corrected chi connectivity index (χ1v) is 14.5. The molecule has 4 aliphatic rings. The van der Waals surface area contributed by atoms with Crippen LogP contribution >= 0.6 is 0 Å². The SMILES string of the molecule is CC12CCC3C4CC[C@](C)(O)CC4=CCC3C1CCC2CCCS(=O)(=O)c1ccccc1. The zero-order valence-corrected chi connectivity index (χ0v) is 20.6. The molecule has 1 N–H and O–H groups in total. The summed E-state index contributed by atoms with van der Waals surface area (Å²) in [6.07, 6.45) is 13.7. The van der Waals surface area contributed by atoms with Crippen LogP contribution in [0.15, 0.2) is 46.9 Å². The van der Waals surface area contributed by atoms with Crippen LogP contribution in [-0.2, 0) is 9.84 Å². The number of aliphatic hydroxyl groups is 1. The van der Waals surface area contributed by atoms with Gasteiger partial charge in [-0.25, -0.2) is 8.42 Å². The first-order chi connectivity index (χ1) is 15.2. The van der Waals surface area contributed by atoms with E-state index >= 15 is 0 Å². The highest BCUT2D eigenvalue weighted by molar-refractivity contribution is 7.91. The normalized spacial score (nSPS) is 41.3. The van der Waals surface area contributed by atoms with Crippen molar-refractivity contribution in [3.05, 3.63) is 42.0 Å². The zero-order valence-electron chi connectivity index (χ0n) is 19.8. The molecule has 6 unspecified atom stereocenters. The van der Waals surface area contributed by atoms with Crippen molar-refractivity contribution in [2.75, 3.05) is 5.75 Å². The Bertz CT molecular complexity index is 964. The Balaban J connectivity index is 1.24. The Morgan fingerprint density at radius 3 is 2.56 bits per heavy atom. The lowest BCUT2D eigenvalue weighted by Gasteiger charge is -2.54. The van der Waals surface area contributed by atoms with Crippen molar-refractivity contribution in [3.63, 3.8) is 0 Å². The average molecular weight is 457 g/mol. The monoisotopic (exact) mass is 456 g/mol. The molecule has 0 aliphatic heterocycles. The molecular formula is C28H40O3S. The third kappa shape index (κ3) is 4.00. The molecule has 0 aromatic heterocycles. The lowest BCUT2D eigenvalue weighted by Crippen LogP contribution is -2.47. The number of hydrogen-bond donors (Lipinski definition) is 1. The predicted molar refractivity (Wildman–Crippen MR) is 129 cm³/mol. The molecule has 0 heterocycles. The molecule has 0 amide bonds. The number of fused-ring (bicyclic) bond motifs is 5. The molecule has 3 fully saturated rings. The van der Waals surface area contributed by atoms with E-state index in [4.69, 9.17) is 0 Å². The number of benzene rings is 1. The summed E-state index contributed by atoms with van der Waals surface area (Å²) >= 11 is 0. The van der Waals surface area contributed by atoms with Crippen LogP contribution in [-0.4, -0.2) is 24.9 Å². The van der Waals surface area contributed by atoms with Crippen molar-refractivity contribution in [2.24, 2.45) is 35.0 Å². The third-order valence-corrected chi connectivity index (χ3v) is 11.8. The topological polar surface area (TPSA) is 54.4 Å². The summed E-state index contributed by atoms with van der Waals surface area (Å²) < 4.78 is 25.4. The standard InChI is InChI=1S/C28H40O3S/c1-27(29)16-14-23-20(19-27)10-12-25-24(23)15-17-28(2)21(11-13-26(25)28)7-6-18-32(30,31)22-8-4-3-5-9-22/h3-5,8-10,21,23-26,29H,6-7,11-19H2,1-2H3/t21?,23?,24?,25?,26?,27-,28?/m0/s1.